The third-order valence-corrected chi connectivity index (χ3v) is 5.64. The topological polar surface area (TPSA) is 49.4 Å². The molecule has 1 saturated heterocycles. The van der Waals surface area contributed by atoms with Crippen LogP contribution in [0.1, 0.15) is 57.6 Å². The normalized spacial score (nSPS) is 18.7. The van der Waals surface area contributed by atoms with Crippen LogP contribution < -0.4 is 5.32 Å². The maximum absolute atomic E-state index is 12.4. The average Bonchev–Trinajstić information content (AvgIpc) is 3.46. The van der Waals surface area contributed by atoms with E-state index in [1.54, 1.807) is 0 Å². The number of nitrogens with one attached hydrogen (secondary N) is 1. The Morgan fingerprint density at radius 2 is 1.62 bits per heavy atom. The first kappa shape index (κ1) is 18.9. The number of hydrogen-bond acceptors (Lipinski definition) is 2. The van der Waals surface area contributed by atoms with Gasteiger partial charge < -0.3 is 10.2 Å². The van der Waals surface area contributed by atoms with Crippen molar-refractivity contribution in [1.29, 1.82) is 0 Å². The molecule has 1 aromatic carbocycles. The fourth-order valence-electron chi connectivity index (χ4n) is 3.60. The molecule has 4 heteroatoms. The molecule has 0 radical (unpaired) electrons. The van der Waals surface area contributed by atoms with Gasteiger partial charge in [-0.05, 0) is 48.6 Å². The number of rotatable bonds is 5. The number of amides is 2. The van der Waals surface area contributed by atoms with Crippen LogP contribution >= 0.6 is 0 Å². The van der Waals surface area contributed by atoms with E-state index in [-0.39, 0.29) is 23.2 Å². The van der Waals surface area contributed by atoms with Gasteiger partial charge in [0.15, 0.2) is 0 Å². The van der Waals surface area contributed by atoms with E-state index in [2.05, 4.69) is 50.4 Å². The van der Waals surface area contributed by atoms with E-state index in [0.717, 1.165) is 45.2 Å². The maximum atomic E-state index is 12.4. The van der Waals surface area contributed by atoms with Crippen LogP contribution in [0.3, 0.4) is 0 Å². The smallest absolute Gasteiger partial charge is 0.225 e. The summed E-state index contributed by atoms with van der Waals surface area (Å²) in [5.74, 6) is 0.795. The minimum absolute atomic E-state index is 0.0570. The van der Waals surface area contributed by atoms with Crippen molar-refractivity contribution < 1.29 is 9.59 Å². The number of carbonyl (C=O) groups excluding carboxylic acids is 2. The first-order chi connectivity index (χ1) is 12.3. The van der Waals surface area contributed by atoms with E-state index in [4.69, 9.17) is 0 Å². The van der Waals surface area contributed by atoms with Gasteiger partial charge in [0, 0.05) is 31.5 Å². The van der Waals surface area contributed by atoms with Crippen molar-refractivity contribution >= 4 is 11.8 Å². The monoisotopic (exact) mass is 356 g/mol. The molecule has 26 heavy (non-hydrogen) atoms. The molecule has 0 unspecified atom stereocenters. The third kappa shape index (κ3) is 4.87. The Labute approximate surface area is 157 Å². The van der Waals surface area contributed by atoms with Crippen molar-refractivity contribution in [1.82, 2.24) is 10.2 Å². The van der Waals surface area contributed by atoms with E-state index in [1.807, 2.05) is 4.90 Å². The molecular formula is C22H32N2O2. The van der Waals surface area contributed by atoms with Crippen molar-refractivity contribution in [2.75, 3.05) is 19.6 Å². The quantitative estimate of drug-likeness (QED) is 0.880. The molecule has 4 nitrogen and oxygen atoms in total. The third-order valence-electron chi connectivity index (χ3n) is 5.64. The van der Waals surface area contributed by atoms with Gasteiger partial charge in [0.1, 0.15) is 0 Å². The lowest BCUT2D eigenvalue weighted by Gasteiger charge is -2.31. The molecule has 3 rings (SSSR count). The van der Waals surface area contributed by atoms with Gasteiger partial charge in [-0.3, -0.25) is 9.59 Å². The second-order valence-corrected chi connectivity index (χ2v) is 8.86. The molecule has 1 aliphatic heterocycles. The van der Waals surface area contributed by atoms with Crippen molar-refractivity contribution in [2.45, 2.75) is 58.3 Å². The summed E-state index contributed by atoms with van der Waals surface area (Å²) >= 11 is 0. The zero-order chi connectivity index (χ0) is 18.7. The Bertz CT molecular complexity index is 633. The molecule has 1 aliphatic carbocycles. The second kappa shape index (κ2) is 7.81. The van der Waals surface area contributed by atoms with Crippen LogP contribution in [0.5, 0.6) is 0 Å². The lowest BCUT2D eigenvalue weighted by molar-refractivity contribution is -0.136. The highest BCUT2D eigenvalue weighted by Crippen LogP contribution is 2.32. The molecule has 2 aliphatic rings. The number of carbonyl (C=O) groups is 2. The summed E-state index contributed by atoms with van der Waals surface area (Å²) < 4.78 is 0. The maximum Gasteiger partial charge on any atom is 0.225 e. The van der Waals surface area contributed by atoms with Gasteiger partial charge in [-0.1, -0.05) is 45.0 Å². The minimum atomic E-state index is 0.0570. The second-order valence-electron chi connectivity index (χ2n) is 8.86. The first-order valence-corrected chi connectivity index (χ1v) is 10.0. The fraction of sp³-hybridized carbons (Fsp3) is 0.636. The molecule has 142 valence electrons. The van der Waals surface area contributed by atoms with Gasteiger partial charge in [-0.2, -0.15) is 0 Å². The Morgan fingerprint density at radius 1 is 1.00 bits per heavy atom. The minimum Gasteiger partial charge on any atom is -0.356 e. The van der Waals surface area contributed by atoms with Gasteiger partial charge in [-0.15, -0.1) is 0 Å². The fourth-order valence-corrected chi connectivity index (χ4v) is 3.60. The molecule has 0 aromatic heterocycles. The first-order valence-electron chi connectivity index (χ1n) is 10.0. The largest absolute Gasteiger partial charge is 0.356 e. The molecule has 0 atom stereocenters. The molecule has 2 fully saturated rings. The summed E-state index contributed by atoms with van der Waals surface area (Å²) in [6, 6.07) is 8.69. The summed E-state index contributed by atoms with van der Waals surface area (Å²) in [7, 11) is 0. The number of likely N-dealkylation sites (tertiary alicyclic amines) is 1. The molecule has 1 N–H and O–H groups in total. The SMILES string of the molecule is CC(C)(C)c1ccc(CCNC(=O)C2CCN(C(=O)C3CC3)CC2)cc1. The summed E-state index contributed by atoms with van der Waals surface area (Å²) in [6.07, 6.45) is 4.55. The van der Waals surface area contributed by atoms with Crippen molar-refractivity contribution in [2.24, 2.45) is 11.8 Å². The molecule has 1 aromatic rings. The van der Waals surface area contributed by atoms with Crippen LogP contribution in [-0.2, 0) is 21.4 Å². The predicted octanol–water partition coefficient (Wildman–Crippen LogP) is 3.29. The average molecular weight is 357 g/mol. The zero-order valence-corrected chi connectivity index (χ0v) is 16.4. The summed E-state index contributed by atoms with van der Waals surface area (Å²) in [5, 5.41) is 3.08. The van der Waals surface area contributed by atoms with E-state index in [0.29, 0.717) is 12.5 Å². The van der Waals surface area contributed by atoms with E-state index in [1.165, 1.54) is 11.1 Å². The van der Waals surface area contributed by atoms with Crippen molar-refractivity contribution in [3.63, 3.8) is 0 Å². The van der Waals surface area contributed by atoms with Gasteiger partial charge in [0.2, 0.25) is 11.8 Å². The number of benzene rings is 1. The summed E-state index contributed by atoms with van der Waals surface area (Å²) in [5.41, 5.74) is 2.75. The van der Waals surface area contributed by atoms with Crippen LogP contribution in [0.15, 0.2) is 24.3 Å². The van der Waals surface area contributed by atoms with Crippen LogP contribution in [-0.4, -0.2) is 36.3 Å². The van der Waals surface area contributed by atoms with Crippen molar-refractivity contribution in [3.8, 4) is 0 Å². The van der Waals surface area contributed by atoms with E-state index >= 15 is 0 Å². The van der Waals surface area contributed by atoms with Gasteiger partial charge >= 0.3 is 0 Å². The highest BCUT2D eigenvalue weighted by molar-refractivity contribution is 5.82. The Hall–Kier alpha value is -1.84. The Kier molecular flexibility index (Phi) is 5.69. The standard InChI is InChI=1S/C22H32N2O2/c1-22(2,3)19-8-4-16(5-9-19)10-13-23-20(25)17-11-14-24(15-12-17)21(26)18-6-7-18/h4-5,8-9,17-18H,6-7,10-15H2,1-3H3,(H,23,25). The lowest BCUT2D eigenvalue weighted by atomic mass is 9.86. The molecule has 2 amide bonds. The van der Waals surface area contributed by atoms with E-state index in [9.17, 15) is 9.59 Å². The number of piperidine rings is 1. The van der Waals surface area contributed by atoms with Gasteiger partial charge in [0.05, 0.1) is 0 Å². The van der Waals surface area contributed by atoms with Crippen LogP contribution in [0.2, 0.25) is 0 Å². The van der Waals surface area contributed by atoms with E-state index < -0.39 is 0 Å². The molecule has 1 heterocycles. The number of hydrogen-bond donors (Lipinski definition) is 1. The van der Waals surface area contributed by atoms with Gasteiger partial charge in [-0.25, -0.2) is 0 Å². The zero-order valence-electron chi connectivity index (χ0n) is 16.4. The van der Waals surface area contributed by atoms with Crippen LogP contribution in [0.4, 0.5) is 0 Å². The Morgan fingerprint density at radius 3 is 2.15 bits per heavy atom. The lowest BCUT2D eigenvalue weighted by Crippen LogP contribution is -2.43. The van der Waals surface area contributed by atoms with Crippen LogP contribution in [0, 0.1) is 11.8 Å². The summed E-state index contributed by atoms with van der Waals surface area (Å²) in [6.45, 7) is 8.79. The molecular weight excluding hydrogens is 324 g/mol. The highest BCUT2D eigenvalue weighted by Gasteiger charge is 2.35. The molecule has 0 spiro atoms. The molecule has 1 saturated carbocycles. The van der Waals surface area contributed by atoms with Crippen LogP contribution in [0.25, 0.3) is 0 Å². The predicted molar refractivity (Wildman–Crippen MR) is 104 cm³/mol. The highest BCUT2D eigenvalue weighted by atomic mass is 16.2. The molecule has 0 bridgehead atoms. The Balaban J connectivity index is 1.38. The van der Waals surface area contributed by atoms with Crippen molar-refractivity contribution in [3.05, 3.63) is 35.4 Å². The summed E-state index contributed by atoms with van der Waals surface area (Å²) in [4.78, 5) is 26.4. The number of nitrogens with zero attached hydrogens (tertiary/aromatic N) is 1. The van der Waals surface area contributed by atoms with Gasteiger partial charge in [0.25, 0.3) is 0 Å².